The van der Waals surface area contributed by atoms with Gasteiger partial charge in [0.05, 0.1) is 5.71 Å². The van der Waals surface area contributed by atoms with Crippen molar-refractivity contribution in [2.24, 2.45) is 16.6 Å². The van der Waals surface area contributed by atoms with Crippen molar-refractivity contribution in [1.29, 1.82) is 0 Å². The first-order chi connectivity index (χ1) is 7.72. The third-order valence-corrected chi connectivity index (χ3v) is 2.10. The number of nitrogens with zero attached hydrogens (tertiary/aromatic N) is 1. The molecule has 0 aliphatic carbocycles. The highest BCUT2D eigenvalue weighted by molar-refractivity contribution is 5.87. The van der Waals surface area contributed by atoms with Crippen LogP contribution in [0.15, 0.2) is 35.4 Å². The van der Waals surface area contributed by atoms with Crippen LogP contribution in [0.1, 0.15) is 12.0 Å². The lowest BCUT2D eigenvalue weighted by Crippen LogP contribution is -2.27. The average Bonchev–Trinajstić information content (AvgIpc) is 2.30. The molecule has 0 aliphatic heterocycles. The van der Waals surface area contributed by atoms with Crippen LogP contribution in [0, 0.1) is 0 Å². The molecule has 1 aromatic carbocycles. The topological polar surface area (TPSA) is 93.5 Å². The lowest BCUT2D eigenvalue weighted by molar-refractivity contribution is 0.249. The molecule has 0 bridgehead atoms. The van der Waals surface area contributed by atoms with Gasteiger partial charge in [-0.25, -0.2) is 10.2 Å². The molecule has 1 rings (SSSR count). The maximum absolute atomic E-state index is 10.5. The molecule has 16 heavy (non-hydrogen) atoms. The van der Waals surface area contributed by atoms with E-state index in [-0.39, 0.29) is 0 Å². The summed E-state index contributed by atoms with van der Waals surface area (Å²) >= 11 is 0. The standard InChI is InChI=1S/C11H16N4O/c12-8-10(14-15-11(13)16)7-6-9-4-2-1-3-5-9/h1-5H,6-8,12H2,(H3,13,15,16)/b14-10+. The fourth-order valence-corrected chi connectivity index (χ4v) is 1.27. The minimum Gasteiger partial charge on any atom is -0.350 e. The Bertz CT molecular complexity index is 362. The van der Waals surface area contributed by atoms with Gasteiger partial charge in [-0.1, -0.05) is 30.3 Å². The van der Waals surface area contributed by atoms with E-state index in [9.17, 15) is 4.79 Å². The number of benzene rings is 1. The Hall–Kier alpha value is -1.88. The molecule has 0 fully saturated rings. The van der Waals surface area contributed by atoms with Crippen molar-refractivity contribution in [3.63, 3.8) is 0 Å². The first kappa shape index (κ1) is 12.2. The van der Waals surface area contributed by atoms with E-state index < -0.39 is 6.03 Å². The van der Waals surface area contributed by atoms with Gasteiger partial charge in [-0.3, -0.25) is 0 Å². The van der Waals surface area contributed by atoms with Crippen LogP contribution in [-0.4, -0.2) is 18.3 Å². The number of aryl methyl sites for hydroxylation is 1. The summed E-state index contributed by atoms with van der Waals surface area (Å²) in [6.07, 6.45) is 1.55. The van der Waals surface area contributed by atoms with Gasteiger partial charge in [-0.05, 0) is 18.4 Å². The van der Waals surface area contributed by atoms with Gasteiger partial charge in [-0.15, -0.1) is 0 Å². The number of amides is 2. The number of rotatable bonds is 5. The molecule has 0 aliphatic rings. The maximum atomic E-state index is 10.5. The van der Waals surface area contributed by atoms with Crippen LogP contribution in [0.3, 0.4) is 0 Å². The molecule has 0 aromatic heterocycles. The number of nitrogens with one attached hydrogen (secondary N) is 1. The second kappa shape index (κ2) is 6.58. The van der Waals surface area contributed by atoms with Gasteiger partial charge in [0, 0.05) is 6.54 Å². The summed E-state index contributed by atoms with van der Waals surface area (Å²) in [5.74, 6) is 0. The lowest BCUT2D eigenvalue weighted by atomic mass is 10.1. The number of hydrogen-bond donors (Lipinski definition) is 3. The van der Waals surface area contributed by atoms with E-state index in [1.807, 2.05) is 30.3 Å². The molecule has 0 spiro atoms. The molecule has 86 valence electrons. The Morgan fingerprint density at radius 1 is 1.31 bits per heavy atom. The van der Waals surface area contributed by atoms with E-state index in [4.69, 9.17) is 11.5 Å². The molecular formula is C11H16N4O. The summed E-state index contributed by atoms with van der Waals surface area (Å²) in [5, 5.41) is 3.82. The van der Waals surface area contributed by atoms with E-state index in [2.05, 4.69) is 10.5 Å². The zero-order valence-corrected chi connectivity index (χ0v) is 9.02. The molecule has 0 unspecified atom stereocenters. The van der Waals surface area contributed by atoms with Crippen LogP contribution in [0.5, 0.6) is 0 Å². The summed E-state index contributed by atoms with van der Waals surface area (Å²) in [5.41, 5.74) is 14.5. The van der Waals surface area contributed by atoms with E-state index in [0.717, 1.165) is 12.1 Å². The molecule has 5 nitrogen and oxygen atoms in total. The molecule has 0 saturated carbocycles. The van der Waals surface area contributed by atoms with Gasteiger partial charge in [0.2, 0.25) is 0 Å². The maximum Gasteiger partial charge on any atom is 0.332 e. The van der Waals surface area contributed by atoms with E-state index in [1.54, 1.807) is 0 Å². The molecule has 5 heteroatoms. The van der Waals surface area contributed by atoms with Crippen molar-refractivity contribution < 1.29 is 4.79 Å². The van der Waals surface area contributed by atoms with Gasteiger partial charge < -0.3 is 11.5 Å². The molecule has 0 saturated heterocycles. The summed E-state index contributed by atoms with van der Waals surface area (Å²) in [7, 11) is 0. The van der Waals surface area contributed by atoms with Crippen molar-refractivity contribution >= 4 is 11.7 Å². The number of carbonyl (C=O) groups excluding carboxylic acids is 1. The smallest absolute Gasteiger partial charge is 0.332 e. The molecule has 0 atom stereocenters. The third-order valence-electron chi connectivity index (χ3n) is 2.10. The van der Waals surface area contributed by atoms with Crippen LogP contribution in [0.25, 0.3) is 0 Å². The molecule has 2 amide bonds. The highest BCUT2D eigenvalue weighted by atomic mass is 16.2. The second-order valence-corrected chi connectivity index (χ2v) is 3.34. The van der Waals surface area contributed by atoms with Crippen LogP contribution in [0.4, 0.5) is 4.79 Å². The van der Waals surface area contributed by atoms with Gasteiger partial charge in [0.25, 0.3) is 0 Å². The van der Waals surface area contributed by atoms with Crippen LogP contribution in [0.2, 0.25) is 0 Å². The fraction of sp³-hybridized carbons (Fsp3) is 0.273. The summed E-state index contributed by atoms with van der Waals surface area (Å²) in [4.78, 5) is 10.5. The minimum atomic E-state index is -0.675. The number of urea groups is 1. The van der Waals surface area contributed by atoms with Gasteiger partial charge >= 0.3 is 6.03 Å². The molecule has 1 aromatic rings. The second-order valence-electron chi connectivity index (χ2n) is 3.34. The monoisotopic (exact) mass is 220 g/mol. The van der Waals surface area contributed by atoms with Crippen molar-refractivity contribution in [3.05, 3.63) is 35.9 Å². The first-order valence-corrected chi connectivity index (χ1v) is 5.07. The van der Waals surface area contributed by atoms with Crippen LogP contribution >= 0.6 is 0 Å². The van der Waals surface area contributed by atoms with Crippen molar-refractivity contribution in [3.8, 4) is 0 Å². The Morgan fingerprint density at radius 2 is 2.00 bits per heavy atom. The van der Waals surface area contributed by atoms with Gasteiger partial charge in [0.15, 0.2) is 0 Å². The van der Waals surface area contributed by atoms with E-state index in [1.165, 1.54) is 5.56 Å². The number of carbonyl (C=O) groups is 1. The molecule has 0 radical (unpaired) electrons. The van der Waals surface area contributed by atoms with Crippen molar-refractivity contribution in [2.45, 2.75) is 12.8 Å². The Labute approximate surface area is 94.5 Å². The number of nitrogens with two attached hydrogens (primary N) is 2. The lowest BCUT2D eigenvalue weighted by Gasteiger charge is -2.03. The SMILES string of the molecule is NC/C(CCc1ccccc1)=N/NC(N)=O. The zero-order valence-electron chi connectivity index (χ0n) is 9.02. The third kappa shape index (κ3) is 4.56. The largest absolute Gasteiger partial charge is 0.350 e. The highest BCUT2D eigenvalue weighted by Gasteiger charge is 1.99. The number of hydrazone groups is 1. The first-order valence-electron chi connectivity index (χ1n) is 5.07. The Kier molecular flexibility index (Phi) is 5.01. The highest BCUT2D eigenvalue weighted by Crippen LogP contribution is 2.02. The predicted octanol–water partition coefficient (Wildman–Crippen LogP) is 0.602. The zero-order chi connectivity index (χ0) is 11.8. The molecular weight excluding hydrogens is 204 g/mol. The number of hydrogen-bond acceptors (Lipinski definition) is 3. The number of primary amides is 1. The van der Waals surface area contributed by atoms with Crippen molar-refractivity contribution in [1.82, 2.24) is 5.43 Å². The quantitative estimate of drug-likeness (QED) is 0.500. The van der Waals surface area contributed by atoms with E-state index >= 15 is 0 Å². The summed E-state index contributed by atoms with van der Waals surface area (Å²) in [6, 6.07) is 9.33. The van der Waals surface area contributed by atoms with Crippen LogP contribution in [-0.2, 0) is 6.42 Å². The fourth-order valence-electron chi connectivity index (χ4n) is 1.27. The average molecular weight is 220 g/mol. The normalized spacial score (nSPS) is 11.2. The molecule has 0 heterocycles. The molecule has 5 N–H and O–H groups in total. The van der Waals surface area contributed by atoms with Crippen LogP contribution < -0.4 is 16.9 Å². The Balaban J connectivity index is 2.46. The van der Waals surface area contributed by atoms with E-state index in [0.29, 0.717) is 13.0 Å². The Morgan fingerprint density at radius 3 is 2.56 bits per heavy atom. The summed E-state index contributed by atoms with van der Waals surface area (Å²) < 4.78 is 0. The minimum absolute atomic E-state index is 0.313. The summed E-state index contributed by atoms with van der Waals surface area (Å²) in [6.45, 7) is 0.313. The predicted molar refractivity (Wildman–Crippen MR) is 64.0 cm³/mol. The van der Waals surface area contributed by atoms with Crippen molar-refractivity contribution in [2.75, 3.05) is 6.54 Å². The van der Waals surface area contributed by atoms with Gasteiger partial charge in [0.1, 0.15) is 0 Å². The van der Waals surface area contributed by atoms with Gasteiger partial charge in [-0.2, -0.15) is 5.10 Å².